The summed E-state index contributed by atoms with van der Waals surface area (Å²) in [6.45, 7) is 3.64. The first-order chi connectivity index (χ1) is 16.4. The molecule has 0 N–H and O–H groups in total. The van der Waals surface area contributed by atoms with Crippen molar-refractivity contribution in [2.24, 2.45) is 0 Å². The number of esters is 1. The van der Waals surface area contributed by atoms with Gasteiger partial charge in [-0.05, 0) is 56.3 Å². The topological polar surface area (TPSA) is 80.3 Å². The number of aryl methyl sites for hydroxylation is 1. The molecular formula is C27H24O7. The summed E-state index contributed by atoms with van der Waals surface area (Å²) in [5.41, 5.74) is 2.92. The molecule has 0 bridgehead atoms. The molecule has 3 aromatic rings. The molecule has 0 atom stereocenters. The van der Waals surface area contributed by atoms with Crippen molar-refractivity contribution in [2.75, 3.05) is 21.3 Å². The molecule has 34 heavy (non-hydrogen) atoms. The smallest absolute Gasteiger partial charge is 0.343 e. The van der Waals surface area contributed by atoms with Gasteiger partial charge in [-0.3, -0.25) is 4.79 Å². The van der Waals surface area contributed by atoms with Crippen LogP contribution in [-0.4, -0.2) is 33.1 Å². The molecule has 0 fully saturated rings. The fourth-order valence-electron chi connectivity index (χ4n) is 3.79. The lowest BCUT2D eigenvalue weighted by molar-refractivity contribution is 0.0733. The van der Waals surface area contributed by atoms with Crippen LogP contribution < -0.4 is 23.7 Å². The molecule has 1 aliphatic rings. The van der Waals surface area contributed by atoms with Crippen LogP contribution in [0.5, 0.6) is 28.7 Å². The van der Waals surface area contributed by atoms with Crippen LogP contribution in [0.4, 0.5) is 0 Å². The Hall–Kier alpha value is -4.26. The van der Waals surface area contributed by atoms with Gasteiger partial charge in [-0.2, -0.15) is 0 Å². The van der Waals surface area contributed by atoms with Gasteiger partial charge in [0.05, 0.1) is 32.5 Å². The Morgan fingerprint density at radius 1 is 0.882 bits per heavy atom. The van der Waals surface area contributed by atoms with Gasteiger partial charge in [0.1, 0.15) is 11.5 Å². The van der Waals surface area contributed by atoms with E-state index in [1.54, 1.807) is 55.5 Å². The minimum Gasteiger partial charge on any atom is -0.493 e. The molecule has 0 spiro atoms. The maximum atomic E-state index is 13.0. The summed E-state index contributed by atoms with van der Waals surface area (Å²) in [4.78, 5) is 25.6. The summed E-state index contributed by atoms with van der Waals surface area (Å²) in [5, 5.41) is 0. The molecule has 0 aromatic heterocycles. The van der Waals surface area contributed by atoms with Crippen LogP contribution in [0.1, 0.15) is 37.4 Å². The van der Waals surface area contributed by atoms with Crippen LogP contribution in [0.15, 0.2) is 54.3 Å². The van der Waals surface area contributed by atoms with Crippen molar-refractivity contribution in [2.45, 2.75) is 13.8 Å². The third kappa shape index (κ3) is 4.08. The number of Topliss-reactive ketones (excluding diaryl/α,β-unsaturated/α-hetero) is 1. The van der Waals surface area contributed by atoms with E-state index < -0.39 is 5.97 Å². The lowest BCUT2D eigenvalue weighted by Crippen LogP contribution is -2.09. The van der Waals surface area contributed by atoms with Crippen molar-refractivity contribution in [3.05, 3.63) is 82.1 Å². The highest BCUT2D eigenvalue weighted by molar-refractivity contribution is 6.15. The molecule has 7 heteroatoms. The zero-order valence-corrected chi connectivity index (χ0v) is 19.6. The molecule has 0 saturated heterocycles. The minimum atomic E-state index is -0.484. The number of benzene rings is 3. The van der Waals surface area contributed by atoms with Crippen LogP contribution in [0, 0.1) is 13.8 Å². The second kappa shape index (κ2) is 9.31. The number of carbonyl (C=O) groups excluding carboxylic acids is 2. The number of rotatable bonds is 6. The molecule has 7 nitrogen and oxygen atoms in total. The molecule has 0 unspecified atom stereocenters. The van der Waals surface area contributed by atoms with Gasteiger partial charge >= 0.3 is 5.97 Å². The van der Waals surface area contributed by atoms with Crippen LogP contribution in [0.25, 0.3) is 6.08 Å². The molecule has 1 heterocycles. The molecule has 174 valence electrons. The predicted molar refractivity (Wildman–Crippen MR) is 126 cm³/mol. The lowest BCUT2D eigenvalue weighted by atomic mass is 10.1. The van der Waals surface area contributed by atoms with E-state index in [1.165, 1.54) is 21.3 Å². The number of ether oxygens (including phenoxy) is 5. The van der Waals surface area contributed by atoms with Crippen molar-refractivity contribution in [3.63, 3.8) is 0 Å². The highest BCUT2D eigenvalue weighted by atomic mass is 16.5. The first-order valence-electron chi connectivity index (χ1n) is 10.5. The largest absolute Gasteiger partial charge is 0.493 e. The number of hydrogen-bond acceptors (Lipinski definition) is 7. The van der Waals surface area contributed by atoms with Gasteiger partial charge in [0.2, 0.25) is 11.5 Å². The van der Waals surface area contributed by atoms with Crippen LogP contribution in [-0.2, 0) is 0 Å². The highest BCUT2D eigenvalue weighted by Crippen LogP contribution is 2.43. The Kier molecular flexibility index (Phi) is 6.27. The van der Waals surface area contributed by atoms with Crippen LogP contribution >= 0.6 is 0 Å². The SMILES string of the molecule is COc1ccc(/C=C2\Oc3c(ccc(OC(=O)c4cccc(C)c4)c3C)C2=O)c(OC)c1OC. The quantitative estimate of drug-likeness (QED) is 0.285. The third-order valence-corrected chi connectivity index (χ3v) is 5.51. The molecule has 0 saturated carbocycles. The van der Waals surface area contributed by atoms with Crippen molar-refractivity contribution < 1.29 is 33.3 Å². The Morgan fingerprint density at radius 2 is 1.62 bits per heavy atom. The first kappa shape index (κ1) is 22.9. The molecule has 1 aliphatic heterocycles. The second-order valence-electron chi connectivity index (χ2n) is 7.69. The van der Waals surface area contributed by atoms with E-state index in [4.69, 9.17) is 23.7 Å². The van der Waals surface area contributed by atoms with Gasteiger partial charge in [-0.15, -0.1) is 0 Å². The van der Waals surface area contributed by atoms with E-state index in [9.17, 15) is 9.59 Å². The number of hydrogen-bond donors (Lipinski definition) is 0. The van der Waals surface area contributed by atoms with Gasteiger partial charge in [0, 0.05) is 11.1 Å². The van der Waals surface area contributed by atoms with Gasteiger partial charge in [-0.25, -0.2) is 4.79 Å². The highest BCUT2D eigenvalue weighted by Gasteiger charge is 2.31. The Labute approximate surface area is 197 Å². The van der Waals surface area contributed by atoms with Gasteiger partial charge < -0.3 is 23.7 Å². The fourth-order valence-corrected chi connectivity index (χ4v) is 3.79. The maximum absolute atomic E-state index is 13.0. The summed E-state index contributed by atoms with van der Waals surface area (Å²) < 4.78 is 27.7. The second-order valence-corrected chi connectivity index (χ2v) is 7.69. The maximum Gasteiger partial charge on any atom is 0.343 e. The van der Waals surface area contributed by atoms with Crippen LogP contribution in [0.2, 0.25) is 0 Å². The van der Waals surface area contributed by atoms with Crippen molar-refractivity contribution in [1.29, 1.82) is 0 Å². The summed E-state index contributed by atoms with van der Waals surface area (Å²) in [6, 6.07) is 13.8. The Balaban J connectivity index is 1.66. The molecular weight excluding hydrogens is 436 g/mol. The van der Waals surface area contributed by atoms with Gasteiger partial charge in [0.25, 0.3) is 0 Å². The van der Waals surface area contributed by atoms with E-state index in [0.29, 0.717) is 51.0 Å². The number of ketones is 1. The number of methoxy groups -OCH3 is 3. The molecule has 3 aromatic carbocycles. The van der Waals surface area contributed by atoms with E-state index in [2.05, 4.69) is 0 Å². The lowest BCUT2D eigenvalue weighted by Gasteiger charge is -2.14. The number of allylic oxidation sites excluding steroid dienone is 1. The van der Waals surface area contributed by atoms with Crippen molar-refractivity contribution >= 4 is 17.8 Å². The predicted octanol–water partition coefficient (Wildman–Crippen LogP) is 5.16. The molecule has 4 rings (SSSR count). The summed E-state index contributed by atoms with van der Waals surface area (Å²) >= 11 is 0. The van der Waals surface area contributed by atoms with E-state index in [0.717, 1.165) is 5.56 Å². The van der Waals surface area contributed by atoms with E-state index in [1.807, 2.05) is 13.0 Å². The standard InChI is InChI=1S/C27H24O7/c1-15-7-6-8-18(13-15)27(29)34-20-12-10-19-23(28)22(33-24(19)16(20)2)14-17-9-11-21(30-3)26(32-5)25(17)31-4/h6-14H,1-5H3/b22-14-. The monoisotopic (exact) mass is 460 g/mol. The normalized spacial score (nSPS) is 13.3. The summed E-state index contributed by atoms with van der Waals surface area (Å²) in [7, 11) is 4.54. The van der Waals surface area contributed by atoms with Crippen molar-refractivity contribution in [3.8, 4) is 28.7 Å². The van der Waals surface area contributed by atoms with Crippen molar-refractivity contribution in [1.82, 2.24) is 0 Å². The van der Waals surface area contributed by atoms with Crippen LogP contribution in [0.3, 0.4) is 0 Å². The summed E-state index contributed by atoms with van der Waals surface area (Å²) in [6.07, 6.45) is 1.58. The zero-order valence-electron chi connectivity index (χ0n) is 19.6. The third-order valence-electron chi connectivity index (χ3n) is 5.51. The number of carbonyl (C=O) groups is 2. The Bertz CT molecular complexity index is 1320. The number of fused-ring (bicyclic) bond motifs is 1. The molecule has 0 aliphatic carbocycles. The van der Waals surface area contributed by atoms with Gasteiger partial charge in [-0.1, -0.05) is 17.7 Å². The Morgan fingerprint density at radius 3 is 2.29 bits per heavy atom. The average molecular weight is 460 g/mol. The fraction of sp³-hybridized carbons (Fsp3) is 0.185. The molecule has 0 radical (unpaired) electrons. The van der Waals surface area contributed by atoms with E-state index in [-0.39, 0.29) is 11.5 Å². The average Bonchev–Trinajstić information content (AvgIpc) is 3.16. The molecule has 0 amide bonds. The van der Waals surface area contributed by atoms with E-state index >= 15 is 0 Å². The summed E-state index contributed by atoms with van der Waals surface area (Å²) in [5.74, 6) is 1.34. The van der Waals surface area contributed by atoms with Gasteiger partial charge in [0.15, 0.2) is 17.3 Å². The first-order valence-corrected chi connectivity index (χ1v) is 10.5. The zero-order chi connectivity index (χ0) is 24.4. The minimum absolute atomic E-state index is 0.116.